The van der Waals surface area contributed by atoms with Gasteiger partial charge in [-0.3, -0.25) is 0 Å². The number of rotatable bonds is 5. The molecule has 0 bridgehead atoms. The molecule has 0 heterocycles. The van der Waals surface area contributed by atoms with Gasteiger partial charge in [-0.2, -0.15) is 0 Å². The highest BCUT2D eigenvalue weighted by molar-refractivity contribution is 5.35. The molecule has 4 atom stereocenters. The standard InChI is InChI=1S/C19H31NO/c1-13(2)16-11-10-14(3)12-18(16)20-15(4)17-8-6-7-9-19(17)21-5/h6-9,13-16,18,20H,10-12H2,1-5H3. The van der Waals surface area contributed by atoms with Gasteiger partial charge in [0, 0.05) is 17.6 Å². The quantitative estimate of drug-likeness (QED) is 0.840. The molecule has 0 spiro atoms. The van der Waals surface area contributed by atoms with Gasteiger partial charge in [0.2, 0.25) is 0 Å². The Bertz CT molecular complexity index is 443. The summed E-state index contributed by atoms with van der Waals surface area (Å²) in [6, 6.07) is 9.31. The predicted molar refractivity (Wildman–Crippen MR) is 89.7 cm³/mol. The SMILES string of the molecule is COc1ccccc1C(C)NC1CC(C)CCC1C(C)C. The molecular weight excluding hydrogens is 258 g/mol. The maximum absolute atomic E-state index is 5.51. The molecule has 0 aliphatic heterocycles. The number of ether oxygens (including phenoxy) is 1. The summed E-state index contributed by atoms with van der Waals surface area (Å²) in [6.45, 7) is 9.37. The van der Waals surface area contributed by atoms with Crippen molar-refractivity contribution in [1.29, 1.82) is 0 Å². The van der Waals surface area contributed by atoms with Crippen LogP contribution in [0.1, 0.15) is 58.6 Å². The largest absolute Gasteiger partial charge is 0.496 e. The molecule has 21 heavy (non-hydrogen) atoms. The molecule has 1 aromatic carbocycles. The second-order valence-corrected chi connectivity index (χ2v) is 7.06. The van der Waals surface area contributed by atoms with Gasteiger partial charge in [-0.15, -0.1) is 0 Å². The maximum Gasteiger partial charge on any atom is 0.123 e. The van der Waals surface area contributed by atoms with Crippen molar-refractivity contribution < 1.29 is 4.74 Å². The monoisotopic (exact) mass is 289 g/mol. The Kier molecular flexibility index (Phi) is 5.69. The number of benzene rings is 1. The van der Waals surface area contributed by atoms with Gasteiger partial charge in [-0.1, -0.05) is 45.4 Å². The molecule has 1 aromatic rings. The van der Waals surface area contributed by atoms with Crippen LogP contribution in [-0.4, -0.2) is 13.2 Å². The first kappa shape index (κ1) is 16.4. The molecule has 2 rings (SSSR count). The van der Waals surface area contributed by atoms with E-state index in [2.05, 4.69) is 51.2 Å². The number of methoxy groups -OCH3 is 1. The molecule has 1 aliphatic rings. The third-order valence-electron chi connectivity index (χ3n) is 5.09. The van der Waals surface area contributed by atoms with Crippen molar-refractivity contribution in [2.75, 3.05) is 7.11 Å². The average molecular weight is 289 g/mol. The highest BCUT2D eigenvalue weighted by atomic mass is 16.5. The summed E-state index contributed by atoms with van der Waals surface area (Å²) < 4.78 is 5.51. The lowest BCUT2D eigenvalue weighted by Gasteiger charge is -2.39. The minimum Gasteiger partial charge on any atom is -0.496 e. The Morgan fingerprint density at radius 1 is 1.14 bits per heavy atom. The second kappa shape index (κ2) is 7.31. The molecule has 4 unspecified atom stereocenters. The highest BCUT2D eigenvalue weighted by Gasteiger charge is 2.31. The molecule has 0 radical (unpaired) electrons. The summed E-state index contributed by atoms with van der Waals surface area (Å²) in [6.07, 6.45) is 4.03. The molecule has 1 fully saturated rings. The van der Waals surface area contributed by atoms with Gasteiger partial charge in [-0.25, -0.2) is 0 Å². The van der Waals surface area contributed by atoms with Crippen molar-refractivity contribution in [3.8, 4) is 5.75 Å². The zero-order valence-electron chi connectivity index (χ0n) is 14.2. The van der Waals surface area contributed by atoms with Crippen LogP contribution in [0.4, 0.5) is 0 Å². The second-order valence-electron chi connectivity index (χ2n) is 7.06. The van der Waals surface area contributed by atoms with Crippen LogP contribution >= 0.6 is 0 Å². The Balaban J connectivity index is 2.10. The van der Waals surface area contributed by atoms with Gasteiger partial charge in [0.25, 0.3) is 0 Å². The van der Waals surface area contributed by atoms with E-state index in [1.165, 1.54) is 24.8 Å². The zero-order valence-corrected chi connectivity index (χ0v) is 14.2. The Morgan fingerprint density at radius 2 is 1.86 bits per heavy atom. The first-order valence-corrected chi connectivity index (χ1v) is 8.41. The Labute approximate surface area is 130 Å². The van der Waals surface area contributed by atoms with E-state index in [1.807, 2.05) is 6.07 Å². The minimum absolute atomic E-state index is 0.331. The minimum atomic E-state index is 0.331. The van der Waals surface area contributed by atoms with E-state index in [0.717, 1.165) is 23.5 Å². The normalized spacial score (nSPS) is 27.6. The fourth-order valence-electron chi connectivity index (χ4n) is 3.83. The molecule has 1 N–H and O–H groups in total. The molecule has 1 aliphatic carbocycles. The van der Waals surface area contributed by atoms with E-state index < -0.39 is 0 Å². The lowest BCUT2D eigenvalue weighted by molar-refractivity contribution is 0.160. The lowest BCUT2D eigenvalue weighted by Crippen LogP contribution is -2.43. The van der Waals surface area contributed by atoms with Crippen molar-refractivity contribution in [3.63, 3.8) is 0 Å². The van der Waals surface area contributed by atoms with E-state index in [-0.39, 0.29) is 0 Å². The summed E-state index contributed by atoms with van der Waals surface area (Å²) in [5, 5.41) is 3.89. The number of nitrogens with one attached hydrogen (secondary N) is 1. The van der Waals surface area contributed by atoms with Gasteiger partial charge in [0.1, 0.15) is 5.75 Å². The fourth-order valence-corrected chi connectivity index (χ4v) is 3.83. The van der Waals surface area contributed by atoms with E-state index in [0.29, 0.717) is 12.1 Å². The van der Waals surface area contributed by atoms with Gasteiger partial charge in [-0.05, 0) is 43.6 Å². The molecule has 0 aromatic heterocycles. The lowest BCUT2D eigenvalue weighted by atomic mass is 9.73. The molecule has 2 nitrogen and oxygen atoms in total. The average Bonchev–Trinajstić information content (AvgIpc) is 2.46. The van der Waals surface area contributed by atoms with Crippen LogP contribution in [0.5, 0.6) is 5.75 Å². The van der Waals surface area contributed by atoms with Crippen molar-refractivity contribution >= 4 is 0 Å². The number of hydrogen-bond acceptors (Lipinski definition) is 2. The highest BCUT2D eigenvalue weighted by Crippen LogP contribution is 2.35. The predicted octanol–water partition coefficient (Wildman–Crippen LogP) is 4.81. The maximum atomic E-state index is 5.51. The summed E-state index contributed by atoms with van der Waals surface area (Å²) in [7, 11) is 1.76. The van der Waals surface area contributed by atoms with E-state index in [1.54, 1.807) is 7.11 Å². The summed E-state index contributed by atoms with van der Waals surface area (Å²) in [4.78, 5) is 0. The van der Waals surface area contributed by atoms with Gasteiger partial charge in [0.05, 0.1) is 7.11 Å². The zero-order chi connectivity index (χ0) is 15.4. The number of hydrogen-bond donors (Lipinski definition) is 1. The van der Waals surface area contributed by atoms with E-state index in [9.17, 15) is 0 Å². The summed E-state index contributed by atoms with van der Waals surface area (Å²) >= 11 is 0. The van der Waals surface area contributed by atoms with Crippen molar-refractivity contribution in [2.24, 2.45) is 17.8 Å². The first-order chi connectivity index (χ1) is 10.0. The third-order valence-corrected chi connectivity index (χ3v) is 5.09. The number of para-hydroxylation sites is 1. The smallest absolute Gasteiger partial charge is 0.123 e. The van der Waals surface area contributed by atoms with Gasteiger partial charge in [0.15, 0.2) is 0 Å². The van der Waals surface area contributed by atoms with E-state index in [4.69, 9.17) is 4.74 Å². The molecule has 1 saturated carbocycles. The van der Waals surface area contributed by atoms with Crippen molar-refractivity contribution in [3.05, 3.63) is 29.8 Å². The molecule has 2 heteroatoms. The van der Waals surface area contributed by atoms with Crippen LogP contribution in [0, 0.1) is 17.8 Å². The summed E-state index contributed by atoms with van der Waals surface area (Å²) in [5.74, 6) is 3.36. The topological polar surface area (TPSA) is 21.3 Å². The van der Waals surface area contributed by atoms with Gasteiger partial charge >= 0.3 is 0 Å². The molecule has 118 valence electrons. The Hall–Kier alpha value is -1.02. The molecular formula is C19H31NO. The fraction of sp³-hybridized carbons (Fsp3) is 0.684. The van der Waals surface area contributed by atoms with Crippen LogP contribution in [0.2, 0.25) is 0 Å². The third kappa shape index (κ3) is 4.00. The van der Waals surface area contributed by atoms with Gasteiger partial charge < -0.3 is 10.1 Å². The molecule has 0 amide bonds. The van der Waals surface area contributed by atoms with Crippen molar-refractivity contribution in [1.82, 2.24) is 5.32 Å². The van der Waals surface area contributed by atoms with Crippen LogP contribution < -0.4 is 10.1 Å². The van der Waals surface area contributed by atoms with Crippen molar-refractivity contribution in [2.45, 2.75) is 59.0 Å². The molecule has 0 saturated heterocycles. The van der Waals surface area contributed by atoms with E-state index >= 15 is 0 Å². The van der Waals surface area contributed by atoms with Crippen LogP contribution in [0.3, 0.4) is 0 Å². The first-order valence-electron chi connectivity index (χ1n) is 8.41. The van der Waals surface area contributed by atoms with Crippen LogP contribution in [0.25, 0.3) is 0 Å². The summed E-state index contributed by atoms with van der Waals surface area (Å²) in [5.41, 5.74) is 1.26. The van der Waals surface area contributed by atoms with Crippen LogP contribution in [-0.2, 0) is 0 Å². The Morgan fingerprint density at radius 3 is 2.52 bits per heavy atom. The van der Waals surface area contributed by atoms with Crippen LogP contribution in [0.15, 0.2) is 24.3 Å².